The van der Waals surface area contributed by atoms with Crippen molar-refractivity contribution in [2.75, 3.05) is 0 Å². The first-order valence-electron chi connectivity index (χ1n) is 7.22. The van der Waals surface area contributed by atoms with Gasteiger partial charge in [-0.25, -0.2) is 0 Å². The number of aryl methyl sites for hydroxylation is 2. The second kappa shape index (κ2) is 7.10. The fourth-order valence-electron chi connectivity index (χ4n) is 2.09. The van der Waals surface area contributed by atoms with Crippen LogP contribution in [0.5, 0.6) is 11.5 Å². The molecular weight excluding hydrogens is 326 g/mol. The molecular formula is C18H22BrNO. The Morgan fingerprint density at radius 3 is 2.48 bits per heavy atom. The maximum atomic E-state index is 5.98. The van der Waals surface area contributed by atoms with Crippen molar-refractivity contribution in [3.05, 3.63) is 57.6 Å². The number of nitrogens with one attached hydrogen (secondary N) is 1. The van der Waals surface area contributed by atoms with E-state index in [2.05, 4.69) is 67.1 Å². The van der Waals surface area contributed by atoms with E-state index < -0.39 is 0 Å². The number of hydrogen-bond acceptors (Lipinski definition) is 2. The van der Waals surface area contributed by atoms with Gasteiger partial charge in [0.25, 0.3) is 0 Å². The Morgan fingerprint density at radius 2 is 1.86 bits per heavy atom. The van der Waals surface area contributed by atoms with E-state index in [1.165, 1.54) is 11.1 Å². The topological polar surface area (TPSA) is 21.3 Å². The van der Waals surface area contributed by atoms with Gasteiger partial charge in [0.15, 0.2) is 0 Å². The van der Waals surface area contributed by atoms with Gasteiger partial charge in [-0.05, 0) is 43.2 Å². The second-order valence-electron chi connectivity index (χ2n) is 5.66. The molecule has 0 spiro atoms. The summed E-state index contributed by atoms with van der Waals surface area (Å²) in [7, 11) is 0. The molecule has 2 rings (SSSR count). The zero-order valence-electron chi connectivity index (χ0n) is 13.0. The average molecular weight is 348 g/mol. The molecule has 21 heavy (non-hydrogen) atoms. The van der Waals surface area contributed by atoms with Crippen molar-refractivity contribution in [2.45, 2.75) is 40.3 Å². The number of ether oxygens (including phenoxy) is 1. The van der Waals surface area contributed by atoms with E-state index in [0.717, 1.165) is 28.1 Å². The first-order valence-corrected chi connectivity index (χ1v) is 8.02. The van der Waals surface area contributed by atoms with Crippen molar-refractivity contribution in [1.29, 1.82) is 0 Å². The molecule has 0 fully saturated rings. The predicted octanol–water partition coefficient (Wildman–Crippen LogP) is 5.36. The summed E-state index contributed by atoms with van der Waals surface area (Å²) in [5, 5.41) is 3.42. The Bertz CT molecular complexity index is 623. The highest BCUT2D eigenvalue weighted by atomic mass is 79.9. The third-order valence-corrected chi connectivity index (χ3v) is 4.02. The Kier molecular flexibility index (Phi) is 5.43. The monoisotopic (exact) mass is 347 g/mol. The van der Waals surface area contributed by atoms with Gasteiger partial charge in [0, 0.05) is 17.1 Å². The van der Waals surface area contributed by atoms with Gasteiger partial charge in [0.2, 0.25) is 0 Å². The molecule has 2 aromatic rings. The molecule has 0 saturated carbocycles. The molecule has 0 bridgehead atoms. The van der Waals surface area contributed by atoms with Crippen LogP contribution in [0.3, 0.4) is 0 Å². The minimum atomic E-state index is 0.475. The van der Waals surface area contributed by atoms with Crippen LogP contribution < -0.4 is 10.1 Å². The Morgan fingerprint density at radius 1 is 1.10 bits per heavy atom. The van der Waals surface area contributed by atoms with Gasteiger partial charge in [0.1, 0.15) is 11.5 Å². The maximum Gasteiger partial charge on any atom is 0.130 e. The first kappa shape index (κ1) is 16.1. The van der Waals surface area contributed by atoms with Crippen molar-refractivity contribution < 1.29 is 4.74 Å². The predicted molar refractivity (Wildman–Crippen MR) is 92.1 cm³/mol. The van der Waals surface area contributed by atoms with Gasteiger partial charge in [-0.2, -0.15) is 0 Å². The van der Waals surface area contributed by atoms with Gasteiger partial charge in [-0.15, -0.1) is 0 Å². The van der Waals surface area contributed by atoms with E-state index >= 15 is 0 Å². The zero-order valence-corrected chi connectivity index (χ0v) is 14.6. The Labute approximate surface area is 135 Å². The molecule has 0 aliphatic heterocycles. The van der Waals surface area contributed by atoms with Crippen LogP contribution in [0.4, 0.5) is 0 Å². The van der Waals surface area contributed by atoms with Crippen LogP contribution >= 0.6 is 15.9 Å². The van der Waals surface area contributed by atoms with E-state index in [1.807, 2.05) is 18.2 Å². The van der Waals surface area contributed by atoms with E-state index in [0.29, 0.717) is 6.04 Å². The van der Waals surface area contributed by atoms with E-state index in [9.17, 15) is 0 Å². The average Bonchev–Trinajstić information content (AvgIpc) is 2.41. The van der Waals surface area contributed by atoms with E-state index in [4.69, 9.17) is 4.74 Å². The van der Waals surface area contributed by atoms with Crippen molar-refractivity contribution in [2.24, 2.45) is 0 Å². The molecule has 3 heteroatoms. The third kappa shape index (κ3) is 4.58. The molecule has 0 aliphatic rings. The quantitative estimate of drug-likeness (QED) is 0.786. The van der Waals surface area contributed by atoms with Crippen molar-refractivity contribution in [1.82, 2.24) is 5.32 Å². The lowest BCUT2D eigenvalue weighted by molar-refractivity contribution is 0.478. The van der Waals surface area contributed by atoms with E-state index in [1.54, 1.807) is 0 Å². The van der Waals surface area contributed by atoms with Crippen LogP contribution in [0, 0.1) is 13.8 Å². The fourth-order valence-corrected chi connectivity index (χ4v) is 2.59. The lowest BCUT2D eigenvalue weighted by atomic mass is 10.1. The minimum Gasteiger partial charge on any atom is -0.457 e. The summed E-state index contributed by atoms with van der Waals surface area (Å²) in [5.74, 6) is 1.75. The number of benzene rings is 2. The number of rotatable bonds is 5. The number of hydrogen-bond donors (Lipinski definition) is 1. The Balaban J connectivity index is 2.12. The zero-order chi connectivity index (χ0) is 15.4. The highest BCUT2D eigenvalue weighted by molar-refractivity contribution is 9.10. The summed E-state index contributed by atoms with van der Waals surface area (Å²) >= 11 is 3.62. The largest absolute Gasteiger partial charge is 0.457 e. The molecule has 0 saturated heterocycles. The van der Waals surface area contributed by atoms with Gasteiger partial charge in [-0.3, -0.25) is 0 Å². The first-order chi connectivity index (χ1) is 9.95. The molecule has 0 heterocycles. The number of halogens is 1. The molecule has 1 N–H and O–H groups in total. The summed E-state index contributed by atoms with van der Waals surface area (Å²) in [6.45, 7) is 9.29. The van der Waals surface area contributed by atoms with Crippen LogP contribution in [0.1, 0.15) is 30.5 Å². The Hall–Kier alpha value is -1.32. The summed E-state index contributed by atoms with van der Waals surface area (Å²) in [4.78, 5) is 0. The molecule has 0 radical (unpaired) electrons. The van der Waals surface area contributed by atoms with Crippen molar-refractivity contribution in [3.63, 3.8) is 0 Å². The van der Waals surface area contributed by atoms with Crippen LogP contribution in [0.25, 0.3) is 0 Å². The lowest BCUT2D eigenvalue weighted by Gasteiger charge is -2.13. The van der Waals surface area contributed by atoms with Crippen LogP contribution in [0.2, 0.25) is 0 Å². The fraction of sp³-hybridized carbons (Fsp3) is 0.333. The van der Waals surface area contributed by atoms with Crippen LogP contribution in [-0.2, 0) is 6.54 Å². The second-order valence-corrected chi connectivity index (χ2v) is 6.51. The normalized spacial score (nSPS) is 11.0. The van der Waals surface area contributed by atoms with Crippen molar-refractivity contribution in [3.8, 4) is 11.5 Å². The smallest absolute Gasteiger partial charge is 0.130 e. The summed E-state index contributed by atoms with van der Waals surface area (Å²) in [5.41, 5.74) is 3.63. The molecule has 0 amide bonds. The standard InChI is InChI=1S/C18H22BrNO/c1-12(2)20-11-15-6-7-16(10-17(15)19)21-18-8-5-13(3)9-14(18)4/h5-10,12,20H,11H2,1-4H3. The molecule has 2 nitrogen and oxygen atoms in total. The van der Waals surface area contributed by atoms with Crippen molar-refractivity contribution >= 4 is 15.9 Å². The summed E-state index contributed by atoms with van der Waals surface area (Å²) in [6.07, 6.45) is 0. The summed E-state index contributed by atoms with van der Waals surface area (Å²) in [6, 6.07) is 12.8. The van der Waals surface area contributed by atoms with Gasteiger partial charge in [0.05, 0.1) is 0 Å². The van der Waals surface area contributed by atoms with Crippen LogP contribution in [-0.4, -0.2) is 6.04 Å². The minimum absolute atomic E-state index is 0.475. The van der Waals surface area contributed by atoms with E-state index in [-0.39, 0.29) is 0 Å². The van der Waals surface area contributed by atoms with Gasteiger partial charge in [-0.1, -0.05) is 53.5 Å². The van der Waals surface area contributed by atoms with Gasteiger partial charge < -0.3 is 10.1 Å². The molecule has 2 aromatic carbocycles. The van der Waals surface area contributed by atoms with Gasteiger partial charge >= 0.3 is 0 Å². The highest BCUT2D eigenvalue weighted by Gasteiger charge is 2.06. The summed E-state index contributed by atoms with van der Waals surface area (Å²) < 4.78 is 7.04. The molecule has 0 atom stereocenters. The molecule has 0 unspecified atom stereocenters. The van der Waals surface area contributed by atoms with Crippen LogP contribution in [0.15, 0.2) is 40.9 Å². The maximum absolute atomic E-state index is 5.98. The lowest BCUT2D eigenvalue weighted by Crippen LogP contribution is -2.21. The molecule has 112 valence electrons. The third-order valence-electron chi connectivity index (χ3n) is 3.28. The molecule has 0 aliphatic carbocycles. The molecule has 0 aromatic heterocycles. The SMILES string of the molecule is Cc1ccc(Oc2ccc(CNC(C)C)c(Br)c2)c(C)c1. The highest BCUT2D eigenvalue weighted by Crippen LogP contribution is 2.29.